The second-order valence-electron chi connectivity index (χ2n) is 5.84. The molecule has 1 unspecified atom stereocenters. The summed E-state index contributed by atoms with van der Waals surface area (Å²) in [7, 11) is 0. The van der Waals surface area contributed by atoms with Crippen molar-refractivity contribution < 1.29 is 14.7 Å². The van der Waals surface area contributed by atoms with Crippen LogP contribution in [-0.2, 0) is 4.79 Å². The molecule has 1 fully saturated rings. The van der Waals surface area contributed by atoms with E-state index in [1.165, 1.54) is 0 Å². The Morgan fingerprint density at radius 2 is 1.91 bits per heavy atom. The van der Waals surface area contributed by atoms with E-state index in [-0.39, 0.29) is 24.9 Å². The van der Waals surface area contributed by atoms with Gasteiger partial charge in [0.15, 0.2) is 0 Å². The molecule has 6 nitrogen and oxygen atoms in total. The number of nitrogens with one attached hydrogen (secondary N) is 1. The Morgan fingerprint density at radius 1 is 1.35 bits per heavy atom. The third-order valence-electron chi connectivity index (χ3n) is 4.31. The molecule has 0 aliphatic carbocycles. The highest BCUT2D eigenvalue weighted by Crippen LogP contribution is 2.23. The van der Waals surface area contributed by atoms with Gasteiger partial charge >= 0.3 is 6.03 Å². The number of piperidine rings is 1. The highest BCUT2D eigenvalue weighted by Gasteiger charge is 2.39. The summed E-state index contributed by atoms with van der Waals surface area (Å²) < 4.78 is 0. The maximum Gasteiger partial charge on any atom is 0.317 e. The molecule has 0 saturated carbocycles. The molecule has 1 aromatic carbocycles. The first-order valence-electron chi connectivity index (χ1n) is 7.69. The largest absolute Gasteiger partial charge is 0.380 e. The van der Waals surface area contributed by atoms with Crippen LogP contribution in [0.5, 0.6) is 0 Å². The number of carbonyl (C=O) groups is 2. The third-order valence-corrected chi connectivity index (χ3v) is 4.57. The number of benzene rings is 1. The van der Waals surface area contributed by atoms with E-state index in [9.17, 15) is 14.7 Å². The predicted molar refractivity (Wildman–Crippen MR) is 88.0 cm³/mol. The van der Waals surface area contributed by atoms with Crippen molar-refractivity contribution in [3.63, 3.8) is 0 Å². The zero-order valence-corrected chi connectivity index (χ0v) is 13.8. The molecule has 4 N–H and O–H groups in total. The average molecular weight is 340 g/mol. The molecule has 0 spiro atoms. The van der Waals surface area contributed by atoms with Gasteiger partial charge in [-0.05, 0) is 24.1 Å². The summed E-state index contributed by atoms with van der Waals surface area (Å²) in [5.41, 5.74) is 4.67. The van der Waals surface area contributed by atoms with Gasteiger partial charge in [-0.15, -0.1) is 0 Å². The molecule has 2 rings (SSSR count). The van der Waals surface area contributed by atoms with Gasteiger partial charge in [0.2, 0.25) is 5.91 Å². The van der Waals surface area contributed by atoms with Crippen molar-refractivity contribution in [3.8, 4) is 0 Å². The number of halogens is 1. The molecule has 1 aromatic rings. The summed E-state index contributed by atoms with van der Waals surface area (Å²) in [6.07, 6.45) is 1.06. The molecule has 0 radical (unpaired) electrons. The van der Waals surface area contributed by atoms with Crippen LogP contribution in [0.3, 0.4) is 0 Å². The Labute approximate surface area is 140 Å². The summed E-state index contributed by atoms with van der Waals surface area (Å²) in [5, 5.41) is 13.7. The molecular weight excluding hydrogens is 318 g/mol. The zero-order chi connectivity index (χ0) is 17.0. The monoisotopic (exact) mass is 339 g/mol. The third kappa shape index (κ3) is 4.14. The Hall–Kier alpha value is -1.79. The van der Waals surface area contributed by atoms with Crippen molar-refractivity contribution in [2.45, 2.75) is 37.8 Å². The molecule has 1 aliphatic heterocycles. The van der Waals surface area contributed by atoms with Crippen LogP contribution in [-0.4, -0.2) is 40.6 Å². The van der Waals surface area contributed by atoms with Crippen LogP contribution in [0.2, 0.25) is 5.02 Å². The molecule has 0 bridgehead atoms. The van der Waals surface area contributed by atoms with Crippen LogP contribution < -0.4 is 11.1 Å². The molecule has 1 heterocycles. The van der Waals surface area contributed by atoms with Crippen molar-refractivity contribution >= 4 is 23.5 Å². The van der Waals surface area contributed by atoms with Gasteiger partial charge in [0, 0.05) is 31.0 Å². The number of nitrogens with two attached hydrogens (primary N) is 1. The zero-order valence-electron chi connectivity index (χ0n) is 13.1. The lowest BCUT2D eigenvalue weighted by Gasteiger charge is -2.36. The molecule has 1 atom stereocenters. The van der Waals surface area contributed by atoms with E-state index in [0.717, 1.165) is 12.0 Å². The Bertz CT molecular complexity index is 568. The number of likely N-dealkylation sites (tertiary alicyclic amines) is 1. The molecule has 1 aliphatic rings. The van der Waals surface area contributed by atoms with Crippen molar-refractivity contribution in [2.24, 2.45) is 5.73 Å². The minimum absolute atomic E-state index is 0.114. The van der Waals surface area contributed by atoms with Crippen molar-refractivity contribution in [2.75, 3.05) is 13.1 Å². The maximum absolute atomic E-state index is 12.4. The van der Waals surface area contributed by atoms with Crippen LogP contribution in [0.1, 0.15) is 37.8 Å². The van der Waals surface area contributed by atoms with E-state index in [1.54, 1.807) is 17.0 Å². The molecule has 3 amide bonds. The smallest absolute Gasteiger partial charge is 0.317 e. The fraction of sp³-hybridized carbons (Fsp3) is 0.500. The Balaban J connectivity index is 1.96. The number of carbonyl (C=O) groups excluding carboxylic acids is 2. The fourth-order valence-electron chi connectivity index (χ4n) is 2.68. The van der Waals surface area contributed by atoms with E-state index in [0.29, 0.717) is 18.1 Å². The Kier molecular flexibility index (Phi) is 5.49. The number of hydrogen-bond acceptors (Lipinski definition) is 3. The van der Waals surface area contributed by atoms with Gasteiger partial charge in [0.1, 0.15) is 5.60 Å². The van der Waals surface area contributed by atoms with Crippen molar-refractivity contribution in [3.05, 3.63) is 34.9 Å². The lowest BCUT2D eigenvalue weighted by Crippen LogP contribution is -2.55. The minimum atomic E-state index is -1.50. The molecule has 1 saturated heterocycles. The van der Waals surface area contributed by atoms with E-state index >= 15 is 0 Å². The van der Waals surface area contributed by atoms with Gasteiger partial charge in [-0.25, -0.2) is 4.79 Å². The van der Waals surface area contributed by atoms with Gasteiger partial charge < -0.3 is 21.1 Å². The van der Waals surface area contributed by atoms with Gasteiger partial charge in [-0.1, -0.05) is 30.7 Å². The number of primary amides is 1. The summed E-state index contributed by atoms with van der Waals surface area (Å²) >= 11 is 5.88. The second kappa shape index (κ2) is 7.19. The lowest BCUT2D eigenvalue weighted by atomic mass is 9.91. The van der Waals surface area contributed by atoms with E-state index in [4.69, 9.17) is 17.3 Å². The highest BCUT2D eigenvalue weighted by atomic mass is 35.5. The SMILES string of the molecule is CCC(NC(=O)N1CCC(O)(C(N)=O)CC1)c1ccc(Cl)cc1. The van der Waals surface area contributed by atoms with Crippen LogP contribution in [0.4, 0.5) is 4.79 Å². The van der Waals surface area contributed by atoms with E-state index in [2.05, 4.69) is 5.32 Å². The summed E-state index contributed by atoms with van der Waals surface area (Å²) in [6, 6.07) is 7.03. The topological polar surface area (TPSA) is 95.7 Å². The van der Waals surface area contributed by atoms with Crippen molar-refractivity contribution in [1.82, 2.24) is 10.2 Å². The first-order chi connectivity index (χ1) is 10.9. The van der Waals surface area contributed by atoms with Crippen LogP contribution in [0.25, 0.3) is 0 Å². The molecule has 126 valence electrons. The summed E-state index contributed by atoms with van der Waals surface area (Å²) in [4.78, 5) is 25.2. The van der Waals surface area contributed by atoms with Gasteiger partial charge in [-0.2, -0.15) is 0 Å². The van der Waals surface area contributed by atoms with Crippen LogP contribution in [0, 0.1) is 0 Å². The molecule has 23 heavy (non-hydrogen) atoms. The van der Waals surface area contributed by atoms with E-state index in [1.807, 2.05) is 19.1 Å². The second-order valence-corrected chi connectivity index (χ2v) is 6.28. The molecule has 0 aromatic heterocycles. The highest BCUT2D eigenvalue weighted by molar-refractivity contribution is 6.30. The van der Waals surface area contributed by atoms with Crippen LogP contribution in [0.15, 0.2) is 24.3 Å². The maximum atomic E-state index is 12.4. The predicted octanol–water partition coefficient (Wildman–Crippen LogP) is 1.81. The summed E-state index contributed by atoms with van der Waals surface area (Å²) in [6.45, 7) is 2.58. The number of rotatable bonds is 4. The number of amides is 3. The van der Waals surface area contributed by atoms with E-state index < -0.39 is 11.5 Å². The first-order valence-corrected chi connectivity index (χ1v) is 8.06. The molecular formula is C16H22ClN3O3. The standard InChI is InChI=1S/C16H22ClN3O3/c1-2-13(11-3-5-12(17)6-4-11)19-15(22)20-9-7-16(23,8-10-20)14(18)21/h3-6,13,23H,2,7-10H2,1H3,(H2,18,21)(H,19,22). The number of aliphatic hydroxyl groups is 1. The number of urea groups is 1. The lowest BCUT2D eigenvalue weighted by molar-refractivity contribution is -0.140. The Morgan fingerprint density at radius 3 is 2.39 bits per heavy atom. The van der Waals surface area contributed by atoms with Gasteiger partial charge in [-0.3, -0.25) is 4.79 Å². The van der Waals surface area contributed by atoms with Crippen molar-refractivity contribution in [1.29, 1.82) is 0 Å². The van der Waals surface area contributed by atoms with Gasteiger partial charge in [0.05, 0.1) is 6.04 Å². The first kappa shape index (κ1) is 17.6. The summed E-state index contributed by atoms with van der Waals surface area (Å²) in [5.74, 6) is -0.731. The number of hydrogen-bond donors (Lipinski definition) is 3. The minimum Gasteiger partial charge on any atom is -0.380 e. The number of nitrogens with zero attached hydrogens (tertiary/aromatic N) is 1. The van der Waals surface area contributed by atoms with Gasteiger partial charge in [0.25, 0.3) is 0 Å². The molecule has 7 heteroatoms. The fourth-order valence-corrected chi connectivity index (χ4v) is 2.81. The average Bonchev–Trinajstić information content (AvgIpc) is 2.54. The quantitative estimate of drug-likeness (QED) is 0.780. The normalized spacial score (nSPS) is 18.3. The van der Waals surface area contributed by atoms with Crippen LogP contribution >= 0.6 is 11.6 Å².